The van der Waals surface area contributed by atoms with E-state index in [4.69, 9.17) is 0 Å². The molecule has 2 rings (SSSR count). The van der Waals surface area contributed by atoms with Crippen LogP contribution in [0.2, 0.25) is 0 Å². The molecule has 0 atom stereocenters. The molecule has 0 amide bonds. The van der Waals surface area contributed by atoms with Crippen molar-refractivity contribution in [1.82, 2.24) is 0 Å². The van der Waals surface area contributed by atoms with Gasteiger partial charge in [0.05, 0.1) is 4.70 Å². The van der Waals surface area contributed by atoms with Crippen molar-refractivity contribution in [2.24, 2.45) is 0 Å². The van der Waals surface area contributed by atoms with Crippen LogP contribution in [0.4, 0.5) is 13.2 Å². The largest absolute Gasteiger partial charge is 0.264 e. The van der Waals surface area contributed by atoms with E-state index in [1.165, 1.54) is 17.5 Å². The molecule has 1 heterocycles. The molecular formula is C9H5F3S2. The predicted molar refractivity (Wildman–Crippen MR) is 54.0 cm³/mol. The maximum absolute atomic E-state index is 13.0. The van der Waals surface area contributed by atoms with Crippen LogP contribution in [0.5, 0.6) is 0 Å². The molecule has 0 saturated carbocycles. The summed E-state index contributed by atoms with van der Waals surface area (Å²) in [6, 6.07) is 2.58. The minimum atomic E-state index is -2.57. The van der Waals surface area contributed by atoms with Crippen LogP contribution in [0.25, 0.3) is 10.1 Å². The van der Waals surface area contributed by atoms with Gasteiger partial charge in [-0.2, -0.15) is 0 Å². The van der Waals surface area contributed by atoms with Crippen molar-refractivity contribution < 1.29 is 13.2 Å². The lowest BCUT2D eigenvalue weighted by Gasteiger charge is -2.03. The molecule has 1 aromatic heterocycles. The summed E-state index contributed by atoms with van der Waals surface area (Å²) in [6.07, 6.45) is -2.57. The summed E-state index contributed by atoms with van der Waals surface area (Å²) in [6.45, 7) is 0. The Morgan fingerprint density at radius 3 is 2.64 bits per heavy atom. The van der Waals surface area contributed by atoms with E-state index in [2.05, 4.69) is 12.6 Å². The molecule has 0 saturated heterocycles. The minimum absolute atomic E-state index is 0.150. The Morgan fingerprint density at radius 1 is 1.29 bits per heavy atom. The van der Waals surface area contributed by atoms with E-state index >= 15 is 0 Å². The van der Waals surface area contributed by atoms with Gasteiger partial charge in [0.25, 0.3) is 6.43 Å². The van der Waals surface area contributed by atoms with Gasteiger partial charge in [-0.3, -0.25) is 0 Å². The first-order valence-electron chi connectivity index (χ1n) is 3.78. The second kappa shape index (κ2) is 3.47. The zero-order chi connectivity index (χ0) is 10.3. The first-order valence-corrected chi connectivity index (χ1v) is 5.10. The van der Waals surface area contributed by atoms with Crippen LogP contribution in [-0.2, 0) is 0 Å². The van der Waals surface area contributed by atoms with Crippen molar-refractivity contribution in [3.05, 3.63) is 28.9 Å². The van der Waals surface area contributed by atoms with E-state index in [1.807, 2.05) is 0 Å². The van der Waals surface area contributed by atoms with Crippen molar-refractivity contribution in [2.45, 2.75) is 11.3 Å². The topological polar surface area (TPSA) is 0 Å². The van der Waals surface area contributed by atoms with Crippen LogP contribution < -0.4 is 0 Å². The summed E-state index contributed by atoms with van der Waals surface area (Å²) >= 11 is 5.07. The zero-order valence-electron chi connectivity index (χ0n) is 6.80. The number of hydrogen-bond donors (Lipinski definition) is 1. The SMILES string of the molecule is Fc1csc2c(S)c(C(F)F)ccc12. The van der Waals surface area contributed by atoms with Gasteiger partial charge in [0.2, 0.25) is 0 Å². The highest BCUT2D eigenvalue weighted by atomic mass is 32.1. The van der Waals surface area contributed by atoms with Gasteiger partial charge in [-0.25, -0.2) is 13.2 Å². The van der Waals surface area contributed by atoms with Crippen LogP contribution >= 0.6 is 24.0 Å². The van der Waals surface area contributed by atoms with Crippen LogP contribution in [-0.4, -0.2) is 0 Å². The average Bonchev–Trinajstić information content (AvgIpc) is 2.49. The monoisotopic (exact) mass is 234 g/mol. The maximum atomic E-state index is 13.0. The predicted octanol–water partition coefficient (Wildman–Crippen LogP) is 4.27. The second-order valence-electron chi connectivity index (χ2n) is 2.76. The van der Waals surface area contributed by atoms with Crippen molar-refractivity contribution in [3.63, 3.8) is 0 Å². The van der Waals surface area contributed by atoms with E-state index in [1.54, 1.807) is 0 Å². The highest BCUT2D eigenvalue weighted by Gasteiger charge is 2.15. The normalized spacial score (nSPS) is 11.5. The van der Waals surface area contributed by atoms with Gasteiger partial charge in [0.1, 0.15) is 5.82 Å². The molecule has 0 aliphatic heterocycles. The molecular weight excluding hydrogens is 229 g/mol. The summed E-state index contributed by atoms with van der Waals surface area (Å²) in [5.41, 5.74) is -0.150. The van der Waals surface area contributed by atoms with Gasteiger partial charge in [-0.15, -0.1) is 24.0 Å². The molecule has 0 N–H and O–H groups in total. The maximum Gasteiger partial charge on any atom is 0.264 e. The highest BCUT2D eigenvalue weighted by molar-refractivity contribution is 7.80. The van der Waals surface area contributed by atoms with E-state index in [9.17, 15) is 13.2 Å². The lowest BCUT2D eigenvalue weighted by Crippen LogP contribution is -1.86. The molecule has 74 valence electrons. The molecule has 5 heteroatoms. The van der Waals surface area contributed by atoms with Gasteiger partial charge in [-0.05, 0) is 0 Å². The zero-order valence-corrected chi connectivity index (χ0v) is 8.51. The molecule has 0 aliphatic carbocycles. The van der Waals surface area contributed by atoms with Gasteiger partial charge >= 0.3 is 0 Å². The first-order chi connectivity index (χ1) is 6.61. The van der Waals surface area contributed by atoms with Crippen LogP contribution in [0.1, 0.15) is 12.0 Å². The lowest BCUT2D eigenvalue weighted by atomic mass is 10.2. The fraction of sp³-hybridized carbons (Fsp3) is 0.111. The molecule has 2 aromatic rings. The Morgan fingerprint density at radius 2 is 2.00 bits per heavy atom. The molecule has 0 radical (unpaired) electrons. The number of thiol groups is 1. The fourth-order valence-electron chi connectivity index (χ4n) is 1.24. The van der Waals surface area contributed by atoms with E-state index in [0.717, 1.165) is 11.3 Å². The highest BCUT2D eigenvalue weighted by Crippen LogP contribution is 2.36. The third kappa shape index (κ3) is 1.40. The van der Waals surface area contributed by atoms with Crippen LogP contribution in [0.15, 0.2) is 22.4 Å². The Bertz CT molecular complexity index is 476. The fourth-order valence-corrected chi connectivity index (χ4v) is 2.56. The number of thiophene rings is 1. The average molecular weight is 234 g/mol. The van der Waals surface area contributed by atoms with Gasteiger partial charge in [0, 0.05) is 21.2 Å². The van der Waals surface area contributed by atoms with Gasteiger partial charge in [-0.1, -0.05) is 12.1 Å². The lowest BCUT2D eigenvalue weighted by molar-refractivity contribution is 0.148. The third-order valence-corrected chi connectivity index (χ3v) is 3.55. The molecule has 0 spiro atoms. The number of halogens is 3. The smallest absolute Gasteiger partial charge is 0.205 e. The number of benzene rings is 1. The second-order valence-corrected chi connectivity index (χ2v) is 4.09. The molecule has 0 bridgehead atoms. The Hall–Kier alpha value is -0.680. The standard InChI is InChI=1S/C9H5F3S2/c10-6-3-14-8-4(6)1-2-5(7(8)13)9(11)12/h1-3,9,13H. The number of alkyl halides is 2. The minimum Gasteiger partial charge on any atom is -0.205 e. The molecule has 0 fully saturated rings. The van der Waals surface area contributed by atoms with Crippen molar-refractivity contribution in [3.8, 4) is 0 Å². The Balaban J connectivity index is 2.76. The number of hydrogen-bond acceptors (Lipinski definition) is 2. The van der Waals surface area contributed by atoms with Crippen molar-refractivity contribution >= 4 is 34.1 Å². The summed E-state index contributed by atoms with van der Waals surface area (Å²) in [5, 5.41) is 1.64. The quantitative estimate of drug-likeness (QED) is 0.700. The first kappa shape index (κ1) is 9.86. The van der Waals surface area contributed by atoms with E-state index < -0.39 is 6.43 Å². The summed E-state index contributed by atoms with van der Waals surface area (Å²) in [7, 11) is 0. The van der Waals surface area contributed by atoms with Gasteiger partial charge < -0.3 is 0 Å². The number of fused-ring (bicyclic) bond motifs is 1. The summed E-state index contributed by atoms with van der Waals surface area (Å²) < 4.78 is 38.4. The molecule has 0 nitrogen and oxygen atoms in total. The molecule has 0 unspecified atom stereocenters. The third-order valence-electron chi connectivity index (χ3n) is 1.94. The van der Waals surface area contributed by atoms with Gasteiger partial charge in [0.15, 0.2) is 0 Å². The molecule has 0 aliphatic rings. The number of rotatable bonds is 1. The molecule has 1 aromatic carbocycles. The van der Waals surface area contributed by atoms with E-state index in [-0.39, 0.29) is 16.3 Å². The Labute approximate surface area is 87.8 Å². The van der Waals surface area contributed by atoms with Crippen LogP contribution in [0.3, 0.4) is 0 Å². The summed E-state index contributed by atoms with van der Waals surface area (Å²) in [4.78, 5) is 0.173. The van der Waals surface area contributed by atoms with Crippen molar-refractivity contribution in [2.75, 3.05) is 0 Å². The Kier molecular flexibility index (Phi) is 2.45. The van der Waals surface area contributed by atoms with Crippen molar-refractivity contribution in [1.29, 1.82) is 0 Å². The summed E-state index contributed by atoms with van der Waals surface area (Å²) in [5.74, 6) is -0.388. The van der Waals surface area contributed by atoms with E-state index in [0.29, 0.717) is 10.1 Å². The molecule has 14 heavy (non-hydrogen) atoms. The van der Waals surface area contributed by atoms with Crippen LogP contribution in [0, 0.1) is 5.82 Å².